The van der Waals surface area contributed by atoms with Crippen molar-refractivity contribution in [2.75, 3.05) is 19.0 Å². The van der Waals surface area contributed by atoms with Gasteiger partial charge in [-0.1, -0.05) is 35.9 Å². The van der Waals surface area contributed by atoms with Crippen LogP contribution in [0.15, 0.2) is 42.5 Å². The summed E-state index contributed by atoms with van der Waals surface area (Å²) in [6.45, 7) is 0.898. The number of benzene rings is 2. The number of rotatable bonds is 6. The number of nitrogens with two attached hydrogens (primary N) is 1. The van der Waals surface area contributed by atoms with Crippen molar-refractivity contribution in [3.63, 3.8) is 0 Å². The first-order valence-corrected chi connectivity index (χ1v) is 7.01. The molecule has 0 radical (unpaired) electrons. The van der Waals surface area contributed by atoms with Crippen LogP contribution >= 0.6 is 11.6 Å². The smallest absolute Gasteiger partial charge is 0.125 e. The summed E-state index contributed by atoms with van der Waals surface area (Å²) in [4.78, 5) is 0. The SMILES string of the molecule is COCc1cccc(C(CN)Nc2cc(F)ccc2Cl)c1. The molecular weight excluding hydrogens is 291 g/mol. The van der Waals surface area contributed by atoms with Gasteiger partial charge >= 0.3 is 0 Å². The second-order valence-corrected chi connectivity index (χ2v) is 5.14. The third-order valence-corrected chi connectivity index (χ3v) is 3.49. The third kappa shape index (κ3) is 4.17. The molecule has 3 nitrogen and oxygen atoms in total. The standard InChI is InChI=1S/C16H18ClFN2O/c1-21-10-11-3-2-4-12(7-11)16(9-19)20-15-8-13(18)5-6-14(15)17/h2-8,16,20H,9-10,19H2,1H3. The van der Waals surface area contributed by atoms with E-state index in [0.29, 0.717) is 23.9 Å². The molecular formula is C16H18ClFN2O. The van der Waals surface area contributed by atoms with Crippen LogP contribution in [0, 0.1) is 5.82 Å². The molecule has 21 heavy (non-hydrogen) atoms. The van der Waals surface area contributed by atoms with Crippen molar-refractivity contribution in [2.45, 2.75) is 12.6 Å². The van der Waals surface area contributed by atoms with E-state index in [2.05, 4.69) is 5.32 Å². The Bertz CT molecular complexity index is 607. The number of ether oxygens (including phenoxy) is 1. The van der Waals surface area contributed by atoms with Crippen molar-refractivity contribution in [2.24, 2.45) is 5.73 Å². The second kappa shape index (κ2) is 7.41. The van der Waals surface area contributed by atoms with Crippen LogP contribution in [-0.4, -0.2) is 13.7 Å². The molecule has 0 aliphatic carbocycles. The maximum absolute atomic E-state index is 13.3. The molecule has 2 rings (SSSR count). The average Bonchev–Trinajstić information content (AvgIpc) is 2.49. The zero-order chi connectivity index (χ0) is 15.2. The molecule has 0 saturated heterocycles. The molecule has 0 aromatic heterocycles. The monoisotopic (exact) mass is 308 g/mol. The first-order valence-electron chi connectivity index (χ1n) is 6.63. The molecule has 1 unspecified atom stereocenters. The Labute approximate surface area is 128 Å². The lowest BCUT2D eigenvalue weighted by atomic mass is 10.0. The van der Waals surface area contributed by atoms with E-state index in [-0.39, 0.29) is 11.9 Å². The van der Waals surface area contributed by atoms with Crippen LogP contribution in [0.2, 0.25) is 5.02 Å². The number of hydrogen-bond donors (Lipinski definition) is 2. The van der Waals surface area contributed by atoms with Gasteiger partial charge in [-0.2, -0.15) is 0 Å². The summed E-state index contributed by atoms with van der Waals surface area (Å²) in [5.41, 5.74) is 8.43. The molecule has 0 fully saturated rings. The summed E-state index contributed by atoms with van der Waals surface area (Å²) in [5.74, 6) is -0.342. The molecule has 5 heteroatoms. The number of hydrogen-bond acceptors (Lipinski definition) is 3. The zero-order valence-electron chi connectivity index (χ0n) is 11.8. The molecule has 2 aromatic rings. The topological polar surface area (TPSA) is 47.3 Å². The Kier molecular flexibility index (Phi) is 5.56. The Balaban J connectivity index is 2.23. The molecule has 0 heterocycles. The van der Waals surface area contributed by atoms with Gasteiger partial charge in [-0.3, -0.25) is 0 Å². The Morgan fingerprint density at radius 1 is 1.29 bits per heavy atom. The maximum atomic E-state index is 13.3. The van der Waals surface area contributed by atoms with Crippen molar-refractivity contribution in [3.8, 4) is 0 Å². The van der Waals surface area contributed by atoms with Gasteiger partial charge in [-0.05, 0) is 29.3 Å². The molecule has 1 atom stereocenters. The zero-order valence-corrected chi connectivity index (χ0v) is 12.5. The van der Waals surface area contributed by atoms with Crippen LogP contribution in [0.25, 0.3) is 0 Å². The third-order valence-electron chi connectivity index (χ3n) is 3.16. The second-order valence-electron chi connectivity index (χ2n) is 4.73. The minimum atomic E-state index is -0.342. The van der Waals surface area contributed by atoms with Crippen LogP contribution in [-0.2, 0) is 11.3 Å². The first kappa shape index (κ1) is 15.8. The van der Waals surface area contributed by atoms with E-state index in [4.69, 9.17) is 22.1 Å². The summed E-state index contributed by atoms with van der Waals surface area (Å²) in [6.07, 6.45) is 0. The summed E-state index contributed by atoms with van der Waals surface area (Å²) in [5, 5.41) is 3.65. The fraction of sp³-hybridized carbons (Fsp3) is 0.250. The molecule has 2 aromatic carbocycles. The van der Waals surface area contributed by atoms with Gasteiger partial charge in [0, 0.05) is 13.7 Å². The quantitative estimate of drug-likeness (QED) is 0.854. The lowest BCUT2D eigenvalue weighted by Crippen LogP contribution is -2.21. The number of nitrogens with one attached hydrogen (secondary N) is 1. The van der Waals surface area contributed by atoms with Crippen LogP contribution in [0.1, 0.15) is 17.2 Å². The number of anilines is 1. The minimum Gasteiger partial charge on any atom is -0.380 e. The van der Waals surface area contributed by atoms with Gasteiger partial charge in [-0.15, -0.1) is 0 Å². The summed E-state index contributed by atoms with van der Waals surface area (Å²) in [6, 6.07) is 12.0. The fourth-order valence-electron chi connectivity index (χ4n) is 2.14. The summed E-state index contributed by atoms with van der Waals surface area (Å²) >= 11 is 6.08. The van der Waals surface area contributed by atoms with Crippen molar-refractivity contribution in [1.29, 1.82) is 0 Å². The van der Waals surface area contributed by atoms with Gasteiger partial charge in [0.25, 0.3) is 0 Å². The van der Waals surface area contributed by atoms with E-state index in [1.165, 1.54) is 18.2 Å². The molecule has 0 amide bonds. The van der Waals surface area contributed by atoms with Gasteiger partial charge in [0.2, 0.25) is 0 Å². The Morgan fingerprint density at radius 3 is 2.81 bits per heavy atom. The highest BCUT2D eigenvalue weighted by molar-refractivity contribution is 6.33. The van der Waals surface area contributed by atoms with Crippen molar-refractivity contribution >= 4 is 17.3 Å². The Hall–Kier alpha value is -1.62. The van der Waals surface area contributed by atoms with Gasteiger partial charge in [0.05, 0.1) is 23.4 Å². The highest BCUT2D eigenvalue weighted by Crippen LogP contribution is 2.27. The molecule has 112 valence electrons. The van der Waals surface area contributed by atoms with Crippen molar-refractivity contribution < 1.29 is 9.13 Å². The highest BCUT2D eigenvalue weighted by Gasteiger charge is 2.12. The predicted octanol–water partition coefficient (Wildman–Crippen LogP) is 3.74. The van der Waals surface area contributed by atoms with E-state index in [9.17, 15) is 4.39 Å². The normalized spacial score (nSPS) is 12.2. The predicted molar refractivity (Wildman–Crippen MR) is 84.0 cm³/mol. The van der Waals surface area contributed by atoms with Crippen LogP contribution < -0.4 is 11.1 Å². The lowest BCUT2D eigenvalue weighted by molar-refractivity contribution is 0.185. The summed E-state index contributed by atoms with van der Waals surface area (Å²) < 4.78 is 18.4. The van der Waals surface area contributed by atoms with Crippen molar-refractivity contribution in [1.82, 2.24) is 0 Å². The Morgan fingerprint density at radius 2 is 2.10 bits per heavy atom. The molecule has 0 spiro atoms. The average molecular weight is 309 g/mol. The fourth-order valence-corrected chi connectivity index (χ4v) is 2.31. The van der Waals surface area contributed by atoms with Gasteiger partial charge in [-0.25, -0.2) is 4.39 Å². The van der Waals surface area contributed by atoms with E-state index in [0.717, 1.165) is 11.1 Å². The van der Waals surface area contributed by atoms with E-state index in [1.807, 2.05) is 24.3 Å². The molecule has 0 saturated carbocycles. The van der Waals surface area contributed by atoms with Crippen LogP contribution in [0.5, 0.6) is 0 Å². The van der Waals surface area contributed by atoms with Gasteiger partial charge < -0.3 is 15.8 Å². The molecule has 0 bridgehead atoms. The maximum Gasteiger partial charge on any atom is 0.125 e. The minimum absolute atomic E-state index is 0.152. The number of halogens is 2. The largest absolute Gasteiger partial charge is 0.380 e. The summed E-state index contributed by atoms with van der Waals surface area (Å²) in [7, 11) is 1.65. The van der Waals surface area contributed by atoms with E-state index >= 15 is 0 Å². The van der Waals surface area contributed by atoms with Gasteiger partial charge in [0.15, 0.2) is 0 Å². The van der Waals surface area contributed by atoms with E-state index < -0.39 is 0 Å². The van der Waals surface area contributed by atoms with E-state index in [1.54, 1.807) is 7.11 Å². The van der Waals surface area contributed by atoms with Crippen LogP contribution in [0.3, 0.4) is 0 Å². The molecule has 3 N–H and O–H groups in total. The molecule has 0 aliphatic heterocycles. The van der Waals surface area contributed by atoms with Crippen LogP contribution in [0.4, 0.5) is 10.1 Å². The first-order chi connectivity index (χ1) is 10.1. The molecule has 0 aliphatic rings. The van der Waals surface area contributed by atoms with Gasteiger partial charge in [0.1, 0.15) is 5.82 Å². The number of methoxy groups -OCH3 is 1. The highest BCUT2D eigenvalue weighted by atomic mass is 35.5. The lowest BCUT2D eigenvalue weighted by Gasteiger charge is -2.20. The van der Waals surface area contributed by atoms with Crippen molar-refractivity contribution in [3.05, 3.63) is 64.4 Å².